The van der Waals surface area contributed by atoms with Crippen LogP contribution in [0.5, 0.6) is 0 Å². The van der Waals surface area contributed by atoms with Crippen molar-refractivity contribution >= 4 is 0 Å². The van der Waals surface area contributed by atoms with E-state index >= 15 is 0 Å². The topological polar surface area (TPSA) is 23.8 Å². The van der Waals surface area contributed by atoms with Crippen molar-refractivity contribution in [3.8, 4) is 6.07 Å². The highest BCUT2D eigenvalue weighted by molar-refractivity contribution is 5.13. The van der Waals surface area contributed by atoms with Crippen LogP contribution < -0.4 is 0 Å². The first-order valence-electron chi connectivity index (χ1n) is 5.52. The molecule has 0 spiro atoms. The third-order valence-electron chi connectivity index (χ3n) is 3.43. The van der Waals surface area contributed by atoms with Gasteiger partial charge in [0.2, 0.25) is 0 Å². The third-order valence-corrected chi connectivity index (χ3v) is 3.43. The minimum Gasteiger partial charge on any atom is -0.308 e. The summed E-state index contributed by atoms with van der Waals surface area (Å²) >= 11 is 0. The highest BCUT2D eigenvalue weighted by Crippen LogP contribution is 2.26. The van der Waals surface area contributed by atoms with Crippen molar-refractivity contribution in [2.75, 3.05) is 13.6 Å². The van der Waals surface area contributed by atoms with Crippen molar-refractivity contribution in [2.24, 2.45) is 0 Å². The van der Waals surface area contributed by atoms with Gasteiger partial charge < -0.3 is 4.48 Å². The second kappa shape index (κ2) is 4.04. The van der Waals surface area contributed by atoms with Gasteiger partial charge in [0, 0.05) is 18.4 Å². The standard InChI is InChI=1S/C13H17N2/c1-15(9-5-8-13(15)10-14)11-12-6-3-2-4-7-12/h2-4,6-7,13H,5,8-9,11H2,1H3/q+1/t13-,15?/m0/s1. The van der Waals surface area contributed by atoms with Crippen molar-refractivity contribution < 1.29 is 4.48 Å². The zero-order valence-electron chi connectivity index (χ0n) is 9.19. The fourth-order valence-corrected chi connectivity index (χ4v) is 2.51. The average Bonchev–Trinajstić information content (AvgIpc) is 2.60. The summed E-state index contributed by atoms with van der Waals surface area (Å²) in [6.07, 6.45) is 2.24. The summed E-state index contributed by atoms with van der Waals surface area (Å²) in [6, 6.07) is 13.1. The molecule has 2 heteroatoms. The monoisotopic (exact) mass is 201 g/mol. The Labute approximate surface area is 91.3 Å². The van der Waals surface area contributed by atoms with E-state index in [0.29, 0.717) is 0 Å². The van der Waals surface area contributed by atoms with Crippen molar-refractivity contribution in [1.29, 1.82) is 5.26 Å². The molecule has 1 aliphatic heterocycles. The van der Waals surface area contributed by atoms with Crippen LogP contribution in [0.3, 0.4) is 0 Å². The Bertz CT molecular complexity index is 366. The first-order chi connectivity index (χ1) is 7.24. The average molecular weight is 201 g/mol. The maximum atomic E-state index is 9.11. The molecular weight excluding hydrogens is 184 g/mol. The molecule has 2 nitrogen and oxygen atoms in total. The zero-order chi connectivity index (χ0) is 10.7. The minimum atomic E-state index is 0.185. The van der Waals surface area contributed by atoms with E-state index in [1.165, 1.54) is 12.0 Å². The van der Waals surface area contributed by atoms with Gasteiger partial charge in [0.25, 0.3) is 0 Å². The minimum absolute atomic E-state index is 0.185. The zero-order valence-corrected chi connectivity index (χ0v) is 9.19. The normalized spacial score (nSPS) is 30.0. The van der Waals surface area contributed by atoms with E-state index in [0.717, 1.165) is 24.0 Å². The molecule has 1 aromatic rings. The van der Waals surface area contributed by atoms with E-state index in [2.05, 4.69) is 37.4 Å². The number of nitrogens with zero attached hydrogens (tertiary/aromatic N) is 2. The first kappa shape index (κ1) is 10.2. The van der Waals surface area contributed by atoms with Crippen LogP contribution >= 0.6 is 0 Å². The fraction of sp³-hybridized carbons (Fsp3) is 0.462. The lowest BCUT2D eigenvalue weighted by molar-refractivity contribution is -0.926. The number of rotatable bonds is 2. The lowest BCUT2D eigenvalue weighted by atomic mass is 10.1. The number of hydrogen-bond donors (Lipinski definition) is 0. The van der Waals surface area contributed by atoms with Gasteiger partial charge in [-0.3, -0.25) is 0 Å². The van der Waals surface area contributed by atoms with Gasteiger partial charge in [-0.1, -0.05) is 30.3 Å². The van der Waals surface area contributed by atoms with Crippen LogP contribution in [0.1, 0.15) is 18.4 Å². The van der Waals surface area contributed by atoms with E-state index in [-0.39, 0.29) is 6.04 Å². The Morgan fingerprint density at radius 2 is 2.13 bits per heavy atom. The van der Waals surface area contributed by atoms with Gasteiger partial charge in [-0.15, -0.1) is 0 Å². The summed E-state index contributed by atoms with van der Waals surface area (Å²) in [5.74, 6) is 0. The van der Waals surface area contributed by atoms with Gasteiger partial charge >= 0.3 is 0 Å². The van der Waals surface area contributed by atoms with Gasteiger partial charge in [0.15, 0.2) is 6.04 Å². The van der Waals surface area contributed by atoms with Gasteiger partial charge in [-0.2, -0.15) is 5.26 Å². The Kier molecular flexibility index (Phi) is 2.75. The highest BCUT2D eigenvalue weighted by atomic mass is 15.4. The predicted octanol–water partition coefficient (Wildman–Crippen LogP) is 2.32. The molecule has 0 aliphatic carbocycles. The van der Waals surface area contributed by atoms with E-state index in [1.807, 2.05) is 6.07 Å². The number of benzene rings is 1. The first-order valence-corrected chi connectivity index (χ1v) is 5.52. The van der Waals surface area contributed by atoms with Crippen LogP contribution in [0.4, 0.5) is 0 Å². The molecule has 0 radical (unpaired) electrons. The molecule has 78 valence electrons. The molecule has 1 heterocycles. The molecule has 2 rings (SSSR count). The molecule has 0 N–H and O–H groups in total. The van der Waals surface area contributed by atoms with E-state index in [4.69, 9.17) is 5.26 Å². The molecule has 2 atom stereocenters. The van der Waals surface area contributed by atoms with Gasteiger partial charge in [0.1, 0.15) is 12.6 Å². The molecule has 0 amide bonds. The molecule has 15 heavy (non-hydrogen) atoms. The SMILES string of the molecule is C[N+]1(Cc2ccccc2)CCC[C@H]1C#N. The van der Waals surface area contributed by atoms with Crippen LogP contribution in [0.2, 0.25) is 0 Å². The molecule has 0 bridgehead atoms. The summed E-state index contributed by atoms with van der Waals surface area (Å²) in [4.78, 5) is 0. The number of nitriles is 1. The van der Waals surface area contributed by atoms with Crippen LogP contribution in [0.25, 0.3) is 0 Å². The molecule has 1 unspecified atom stereocenters. The molecule has 1 fully saturated rings. The van der Waals surface area contributed by atoms with E-state index in [9.17, 15) is 0 Å². The summed E-state index contributed by atoms with van der Waals surface area (Å²) < 4.78 is 0.889. The highest BCUT2D eigenvalue weighted by Gasteiger charge is 2.37. The maximum Gasteiger partial charge on any atom is 0.176 e. The molecule has 1 aliphatic rings. The quantitative estimate of drug-likeness (QED) is 0.674. The lowest BCUT2D eigenvalue weighted by Crippen LogP contribution is -2.46. The van der Waals surface area contributed by atoms with Crippen LogP contribution in [0, 0.1) is 11.3 Å². The van der Waals surface area contributed by atoms with Gasteiger partial charge in [0.05, 0.1) is 13.6 Å². The molecule has 0 aromatic heterocycles. The smallest absolute Gasteiger partial charge is 0.176 e. The summed E-state index contributed by atoms with van der Waals surface area (Å²) in [7, 11) is 2.20. The summed E-state index contributed by atoms with van der Waals surface area (Å²) in [5.41, 5.74) is 1.34. The second-order valence-electron chi connectivity index (χ2n) is 4.63. The fourth-order valence-electron chi connectivity index (χ4n) is 2.51. The summed E-state index contributed by atoms with van der Waals surface area (Å²) in [6.45, 7) is 2.12. The Morgan fingerprint density at radius 3 is 2.80 bits per heavy atom. The van der Waals surface area contributed by atoms with Crippen LogP contribution in [-0.2, 0) is 6.54 Å². The molecular formula is C13H17N2+. The largest absolute Gasteiger partial charge is 0.308 e. The number of likely N-dealkylation sites (tertiary alicyclic amines) is 1. The van der Waals surface area contributed by atoms with Crippen molar-refractivity contribution in [2.45, 2.75) is 25.4 Å². The predicted molar refractivity (Wildman–Crippen MR) is 59.8 cm³/mol. The summed E-state index contributed by atoms with van der Waals surface area (Å²) in [5, 5.41) is 9.11. The van der Waals surface area contributed by atoms with Crippen molar-refractivity contribution in [3.63, 3.8) is 0 Å². The number of hydrogen-bond acceptors (Lipinski definition) is 1. The third kappa shape index (κ3) is 2.03. The second-order valence-corrected chi connectivity index (χ2v) is 4.63. The van der Waals surface area contributed by atoms with Crippen LogP contribution in [0.15, 0.2) is 30.3 Å². The molecule has 0 saturated carbocycles. The molecule has 1 saturated heterocycles. The van der Waals surface area contributed by atoms with Crippen molar-refractivity contribution in [3.05, 3.63) is 35.9 Å². The Hall–Kier alpha value is -1.33. The van der Waals surface area contributed by atoms with Gasteiger partial charge in [-0.05, 0) is 0 Å². The molecule has 1 aromatic carbocycles. The van der Waals surface area contributed by atoms with Crippen LogP contribution in [-0.4, -0.2) is 24.1 Å². The Balaban J connectivity index is 2.15. The van der Waals surface area contributed by atoms with E-state index in [1.54, 1.807) is 0 Å². The number of quaternary nitrogens is 1. The van der Waals surface area contributed by atoms with Gasteiger partial charge in [-0.25, -0.2) is 0 Å². The Morgan fingerprint density at radius 1 is 1.40 bits per heavy atom. The lowest BCUT2D eigenvalue weighted by Gasteiger charge is -2.32. The van der Waals surface area contributed by atoms with E-state index < -0.39 is 0 Å². The van der Waals surface area contributed by atoms with Crippen molar-refractivity contribution in [1.82, 2.24) is 0 Å². The maximum absolute atomic E-state index is 9.11.